The lowest BCUT2D eigenvalue weighted by molar-refractivity contribution is -0.00320. The average Bonchev–Trinajstić information content (AvgIpc) is 2.46. The molecule has 0 aliphatic rings. The van der Waals surface area contributed by atoms with E-state index < -0.39 is 31.2 Å². The third kappa shape index (κ3) is 4.72. The molecule has 0 heterocycles. The maximum atomic E-state index is 12.5. The summed E-state index contributed by atoms with van der Waals surface area (Å²) in [7, 11) is -4.19. The molecule has 0 bridgehead atoms. The van der Waals surface area contributed by atoms with Gasteiger partial charge in [0, 0.05) is 5.02 Å². The van der Waals surface area contributed by atoms with Gasteiger partial charge in [-0.2, -0.15) is 4.79 Å². The van der Waals surface area contributed by atoms with E-state index in [1.54, 1.807) is 0 Å². The first-order chi connectivity index (χ1) is 10.3. The van der Waals surface area contributed by atoms with E-state index in [1.807, 2.05) is 6.92 Å². The van der Waals surface area contributed by atoms with Crippen molar-refractivity contribution < 1.29 is 22.0 Å². The molecule has 0 saturated heterocycles. The summed E-state index contributed by atoms with van der Waals surface area (Å²) >= 11 is 3.30. The molecule has 0 fully saturated rings. The second-order valence-corrected chi connectivity index (χ2v) is 8.11. The highest BCUT2D eigenvalue weighted by molar-refractivity contribution is 8.07. The van der Waals surface area contributed by atoms with Crippen LogP contribution in [0.2, 0.25) is 5.02 Å². The molecular weight excluding hydrogens is 348 g/mol. The van der Waals surface area contributed by atoms with Crippen LogP contribution in [-0.2, 0) is 20.9 Å². The summed E-state index contributed by atoms with van der Waals surface area (Å²) in [5.74, 6) is 0. The van der Waals surface area contributed by atoms with Crippen LogP contribution in [0, 0.1) is 0 Å². The number of rotatable bonds is 7. The Kier molecular flexibility index (Phi) is 7.38. The molecule has 0 spiro atoms. The highest BCUT2D eigenvalue weighted by Gasteiger charge is 2.41. The molecule has 1 aromatic carbocycles. The monoisotopic (exact) mass is 364 g/mol. The standard InChI is InChI=1S/C13H17ClN2O4S2/c1-2-3-4-8-12(21(17)18)13(16-15)22(19,20)11-7-5-6-10(14)9-11/h5-7,9,12H,2-4,8H2,1H3,(H,17,18). The SMILES string of the molecule is CCCCCC(C(=[N+]=[N-])S(=O)(=O)c1cccc(Cl)c1)S(=O)O. The number of hydrogen-bond donors (Lipinski definition) is 1. The summed E-state index contributed by atoms with van der Waals surface area (Å²) in [6.45, 7) is 1.95. The van der Waals surface area contributed by atoms with E-state index in [9.17, 15) is 17.2 Å². The van der Waals surface area contributed by atoms with E-state index in [4.69, 9.17) is 17.1 Å². The van der Waals surface area contributed by atoms with Crippen LogP contribution in [-0.4, -0.2) is 32.3 Å². The first-order valence-corrected chi connectivity index (χ1v) is 9.70. The zero-order chi connectivity index (χ0) is 16.8. The number of hydrogen-bond acceptors (Lipinski definition) is 3. The Balaban J connectivity index is 3.22. The van der Waals surface area contributed by atoms with Crippen LogP contribution >= 0.6 is 11.6 Å². The van der Waals surface area contributed by atoms with Gasteiger partial charge in [-0.05, 0) is 24.6 Å². The van der Waals surface area contributed by atoms with Crippen molar-refractivity contribution in [3.05, 3.63) is 34.8 Å². The van der Waals surface area contributed by atoms with Gasteiger partial charge in [-0.3, -0.25) is 0 Å². The second kappa shape index (κ2) is 8.55. The molecule has 2 unspecified atom stereocenters. The predicted molar refractivity (Wildman–Crippen MR) is 86.0 cm³/mol. The minimum Gasteiger partial charge on any atom is -0.360 e. The Bertz CT molecular complexity index is 700. The van der Waals surface area contributed by atoms with Gasteiger partial charge < -0.3 is 10.1 Å². The Hall–Kier alpha value is -1.05. The molecule has 0 saturated carbocycles. The zero-order valence-electron chi connectivity index (χ0n) is 12.0. The number of sulfone groups is 1. The van der Waals surface area contributed by atoms with Crippen LogP contribution in [0.15, 0.2) is 29.2 Å². The molecular formula is C13H17ClN2O4S2. The summed E-state index contributed by atoms with van der Waals surface area (Å²) in [5, 5.41) is -1.79. The van der Waals surface area contributed by atoms with Crippen molar-refractivity contribution in [1.29, 1.82) is 0 Å². The van der Waals surface area contributed by atoms with E-state index >= 15 is 0 Å². The zero-order valence-corrected chi connectivity index (χ0v) is 14.4. The summed E-state index contributed by atoms with van der Waals surface area (Å²) in [6, 6.07) is 5.42. The van der Waals surface area contributed by atoms with Crippen molar-refractivity contribution in [3.8, 4) is 0 Å². The fourth-order valence-corrected chi connectivity index (χ4v) is 4.76. The van der Waals surface area contributed by atoms with Crippen LogP contribution < -0.4 is 0 Å². The van der Waals surface area contributed by atoms with Gasteiger partial charge in [-0.1, -0.05) is 43.9 Å². The van der Waals surface area contributed by atoms with E-state index in [2.05, 4.69) is 4.79 Å². The fourth-order valence-electron chi connectivity index (χ4n) is 1.94. The van der Waals surface area contributed by atoms with Crippen molar-refractivity contribution in [2.45, 2.75) is 42.8 Å². The first-order valence-electron chi connectivity index (χ1n) is 6.66. The summed E-state index contributed by atoms with van der Waals surface area (Å²) < 4.78 is 45.8. The molecule has 22 heavy (non-hydrogen) atoms. The van der Waals surface area contributed by atoms with Crippen LogP contribution in [0.5, 0.6) is 0 Å². The van der Waals surface area contributed by atoms with Crippen molar-refractivity contribution in [2.24, 2.45) is 0 Å². The van der Waals surface area contributed by atoms with Gasteiger partial charge in [-0.25, -0.2) is 12.6 Å². The summed E-state index contributed by atoms with van der Waals surface area (Å²) in [4.78, 5) is 2.62. The quantitative estimate of drug-likeness (QED) is 0.200. The Morgan fingerprint density at radius 3 is 2.64 bits per heavy atom. The van der Waals surface area contributed by atoms with Gasteiger partial charge in [0.15, 0.2) is 16.3 Å². The minimum atomic E-state index is -4.19. The van der Waals surface area contributed by atoms with Gasteiger partial charge in [0.05, 0.1) is 4.90 Å². The number of nitrogens with zero attached hydrogens (tertiary/aromatic N) is 2. The van der Waals surface area contributed by atoms with Crippen LogP contribution in [0.1, 0.15) is 32.6 Å². The van der Waals surface area contributed by atoms with Crippen LogP contribution in [0.3, 0.4) is 0 Å². The smallest absolute Gasteiger partial charge is 0.360 e. The van der Waals surface area contributed by atoms with E-state index in [1.165, 1.54) is 24.3 Å². The van der Waals surface area contributed by atoms with Gasteiger partial charge in [-0.15, -0.1) is 0 Å². The minimum absolute atomic E-state index is 0.135. The first kappa shape index (κ1) is 19.0. The lowest BCUT2D eigenvalue weighted by atomic mass is 10.1. The van der Waals surface area contributed by atoms with Crippen molar-refractivity contribution in [2.75, 3.05) is 0 Å². The molecule has 0 aliphatic carbocycles. The van der Waals surface area contributed by atoms with Gasteiger partial charge in [0.2, 0.25) is 0 Å². The van der Waals surface area contributed by atoms with Crippen LogP contribution in [0.25, 0.3) is 5.53 Å². The molecule has 1 aromatic rings. The van der Waals surface area contributed by atoms with E-state index in [-0.39, 0.29) is 16.3 Å². The highest BCUT2D eigenvalue weighted by Crippen LogP contribution is 2.21. The average molecular weight is 365 g/mol. The number of unbranched alkanes of at least 4 members (excludes halogenated alkanes) is 2. The third-order valence-electron chi connectivity index (χ3n) is 3.07. The third-order valence-corrected chi connectivity index (χ3v) is 6.19. The lowest BCUT2D eigenvalue weighted by Gasteiger charge is -2.09. The van der Waals surface area contributed by atoms with E-state index in [0.717, 1.165) is 12.8 Å². The fraction of sp³-hybridized carbons (Fsp3) is 0.462. The molecule has 6 nitrogen and oxygen atoms in total. The Morgan fingerprint density at radius 1 is 1.45 bits per heavy atom. The molecule has 0 amide bonds. The topological polar surface area (TPSA) is 108 Å². The molecule has 0 radical (unpaired) electrons. The van der Waals surface area contributed by atoms with Crippen LogP contribution in [0.4, 0.5) is 0 Å². The normalized spacial score (nSPS) is 14.1. The molecule has 0 aliphatic heterocycles. The van der Waals surface area contributed by atoms with E-state index in [0.29, 0.717) is 6.42 Å². The highest BCUT2D eigenvalue weighted by atomic mass is 35.5. The lowest BCUT2D eigenvalue weighted by Crippen LogP contribution is -2.33. The second-order valence-electron chi connectivity index (χ2n) is 4.66. The maximum Gasteiger partial charge on any atom is 0.403 e. The summed E-state index contributed by atoms with van der Waals surface area (Å²) in [5.41, 5.74) is 9.10. The maximum absolute atomic E-state index is 12.5. The largest absolute Gasteiger partial charge is 0.403 e. The van der Waals surface area contributed by atoms with Gasteiger partial charge in [0.1, 0.15) is 0 Å². The number of halogens is 1. The Morgan fingerprint density at radius 2 is 2.14 bits per heavy atom. The molecule has 122 valence electrons. The molecule has 0 aromatic heterocycles. The Labute approximate surface area is 137 Å². The van der Waals surface area contributed by atoms with Crippen molar-refractivity contribution in [1.82, 2.24) is 0 Å². The molecule has 2 atom stereocenters. The van der Waals surface area contributed by atoms with Crippen molar-refractivity contribution >= 4 is 37.6 Å². The number of benzene rings is 1. The van der Waals surface area contributed by atoms with Crippen molar-refractivity contribution in [3.63, 3.8) is 0 Å². The predicted octanol–water partition coefficient (Wildman–Crippen LogP) is 2.91. The molecule has 1 N–H and O–H groups in total. The molecule has 9 heteroatoms. The van der Waals surface area contributed by atoms with Gasteiger partial charge in [0.25, 0.3) is 9.84 Å². The molecule has 1 rings (SSSR count). The summed E-state index contributed by atoms with van der Waals surface area (Å²) in [6.07, 6.45) is 2.34. The van der Waals surface area contributed by atoms with Gasteiger partial charge >= 0.3 is 5.04 Å².